The molecule has 1 N–H and O–H groups in total. The van der Waals surface area contributed by atoms with Gasteiger partial charge in [-0.05, 0) is 44.9 Å². The zero-order chi connectivity index (χ0) is 20.4. The highest BCUT2D eigenvalue weighted by Gasteiger charge is 2.28. The Morgan fingerprint density at radius 1 is 0.552 bits per heavy atom. The van der Waals surface area contributed by atoms with Crippen LogP contribution in [0.15, 0.2) is 97.1 Å². The highest BCUT2D eigenvalue weighted by atomic mass is 16.3. The first-order valence-corrected chi connectivity index (χ1v) is 10.0. The normalized spacial score (nSPS) is 11.4. The molecule has 0 heterocycles. The number of hydrogen-bond donors (Lipinski definition) is 1. The van der Waals surface area contributed by atoms with Crippen molar-refractivity contribution in [2.75, 3.05) is 0 Å². The molecule has 4 aromatic rings. The first-order chi connectivity index (χ1) is 14.0. The van der Waals surface area contributed by atoms with Gasteiger partial charge < -0.3 is 5.11 Å². The predicted octanol–water partition coefficient (Wildman–Crippen LogP) is 7.69. The molecular formula is C28H26O. The summed E-state index contributed by atoms with van der Waals surface area (Å²) >= 11 is 0. The van der Waals surface area contributed by atoms with E-state index in [-0.39, 0.29) is 5.41 Å². The van der Waals surface area contributed by atoms with Gasteiger partial charge in [-0.3, -0.25) is 0 Å². The number of phenolic OH excluding ortho intramolecular Hbond substituents is 1. The first-order valence-electron chi connectivity index (χ1n) is 10.0. The maximum Gasteiger partial charge on any atom is 0.124 e. The van der Waals surface area contributed by atoms with E-state index in [1.54, 1.807) is 0 Å². The van der Waals surface area contributed by atoms with Crippen molar-refractivity contribution in [2.45, 2.75) is 26.2 Å². The van der Waals surface area contributed by atoms with Gasteiger partial charge in [-0.2, -0.15) is 0 Å². The van der Waals surface area contributed by atoms with Gasteiger partial charge in [-0.25, -0.2) is 0 Å². The van der Waals surface area contributed by atoms with Crippen molar-refractivity contribution in [3.63, 3.8) is 0 Å². The number of phenols is 1. The SMILES string of the molecule is CC(C)(C)c1c(-c2ccccc2)cc(O)c(-c2ccccc2)c1-c1ccccc1. The zero-order valence-corrected chi connectivity index (χ0v) is 17.2. The van der Waals surface area contributed by atoms with E-state index in [0.717, 1.165) is 33.4 Å². The number of benzene rings is 4. The second-order valence-corrected chi connectivity index (χ2v) is 8.42. The third kappa shape index (κ3) is 3.69. The topological polar surface area (TPSA) is 20.2 Å². The minimum atomic E-state index is -0.117. The Morgan fingerprint density at radius 2 is 0.966 bits per heavy atom. The summed E-state index contributed by atoms with van der Waals surface area (Å²) in [7, 11) is 0. The second kappa shape index (κ2) is 7.60. The average molecular weight is 379 g/mol. The molecule has 144 valence electrons. The molecule has 0 atom stereocenters. The number of rotatable bonds is 3. The molecule has 0 aliphatic heterocycles. The van der Waals surface area contributed by atoms with Crippen LogP contribution in [0.5, 0.6) is 5.75 Å². The summed E-state index contributed by atoms with van der Waals surface area (Å²) in [6.07, 6.45) is 0. The average Bonchev–Trinajstić information content (AvgIpc) is 2.74. The summed E-state index contributed by atoms with van der Waals surface area (Å²) in [6.45, 7) is 6.73. The summed E-state index contributed by atoms with van der Waals surface area (Å²) in [5.74, 6) is 0.307. The second-order valence-electron chi connectivity index (χ2n) is 8.42. The molecule has 0 aliphatic carbocycles. The van der Waals surface area contributed by atoms with Gasteiger partial charge >= 0.3 is 0 Å². The fourth-order valence-corrected chi connectivity index (χ4v) is 4.08. The fraction of sp³-hybridized carbons (Fsp3) is 0.143. The van der Waals surface area contributed by atoms with E-state index in [1.165, 1.54) is 5.56 Å². The van der Waals surface area contributed by atoms with Crippen LogP contribution in [0.25, 0.3) is 33.4 Å². The van der Waals surface area contributed by atoms with Gasteiger partial charge in [-0.15, -0.1) is 0 Å². The molecule has 29 heavy (non-hydrogen) atoms. The zero-order valence-electron chi connectivity index (χ0n) is 17.2. The van der Waals surface area contributed by atoms with Crippen LogP contribution in [0.1, 0.15) is 26.3 Å². The lowest BCUT2D eigenvalue weighted by molar-refractivity contribution is 0.477. The van der Waals surface area contributed by atoms with Crippen LogP contribution in [-0.2, 0) is 5.41 Å². The molecule has 0 saturated heterocycles. The van der Waals surface area contributed by atoms with E-state index in [0.29, 0.717) is 5.75 Å². The monoisotopic (exact) mass is 378 g/mol. The van der Waals surface area contributed by atoms with Crippen molar-refractivity contribution in [3.8, 4) is 39.1 Å². The smallest absolute Gasteiger partial charge is 0.124 e. The summed E-state index contributed by atoms with van der Waals surface area (Å²) in [5, 5.41) is 11.2. The Bertz CT molecular complexity index is 1110. The maximum absolute atomic E-state index is 11.2. The molecule has 1 heteroatoms. The Labute approximate surface area is 173 Å². The molecule has 0 spiro atoms. The fourth-order valence-electron chi connectivity index (χ4n) is 4.08. The lowest BCUT2D eigenvalue weighted by atomic mass is 9.74. The predicted molar refractivity (Wildman–Crippen MR) is 123 cm³/mol. The Hall–Kier alpha value is -3.32. The van der Waals surface area contributed by atoms with Crippen molar-refractivity contribution in [2.24, 2.45) is 0 Å². The van der Waals surface area contributed by atoms with Gasteiger partial charge in [0.1, 0.15) is 5.75 Å². The van der Waals surface area contributed by atoms with Gasteiger partial charge in [0.2, 0.25) is 0 Å². The Kier molecular flexibility index (Phi) is 4.98. The van der Waals surface area contributed by atoms with Gasteiger partial charge in [0.05, 0.1) is 0 Å². The van der Waals surface area contributed by atoms with E-state index in [2.05, 4.69) is 69.3 Å². The van der Waals surface area contributed by atoms with Crippen LogP contribution in [0.3, 0.4) is 0 Å². The van der Waals surface area contributed by atoms with Crippen molar-refractivity contribution in [1.82, 2.24) is 0 Å². The summed E-state index contributed by atoms with van der Waals surface area (Å²) in [5.41, 5.74) is 7.45. The van der Waals surface area contributed by atoms with Crippen LogP contribution >= 0.6 is 0 Å². The van der Waals surface area contributed by atoms with Gasteiger partial charge in [0, 0.05) is 5.56 Å². The quantitative estimate of drug-likeness (QED) is 0.387. The Balaban J connectivity index is 2.17. The first kappa shape index (κ1) is 19.0. The van der Waals surface area contributed by atoms with Crippen LogP contribution in [-0.4, -0.2) is 5.11 Å². The van der Waals surface area contributed by atoms with Crippen molar-refractivity contribution in [1.29, 1.82) is 0 Å². The molecule has 0 fully saturated rings. The molecule has 0 amide bonds. The third-order valence-electron chi connectivity index (χ3n) is 5.27. The Morgan fingerprint density at radius 3 is 1.41 bits per heavy atom. The van der Waals surface area contributed by atoms with Gasteiger partial charge in [0.25, 0.3) is 0 Å². The van der Waals surface area contributed by atoms with E-state index in [9.17, 15) is 5.11 Å². The molecule has 4 aromatic carbocycles. The molecular weight excluding hydrogens is 352 g/mol. The molecule has 0 saturated carbocycles. The van der Waals surface area contributed by atoms with Crippen LogP contribution in [0.4, 0.5) is 0 Å². The van der Waals surface area contributed by atoms with Crippen molar-refractivity contribution < 1.29 is 5.11 Å². The lowest BCUT2D eigenvalue weighted by Gasteiger charge is -2.30. The third-order valence-corrected chi connectivity index (χ3v) is 5.27. The van der Waals surface area contributed by atoms with E-state index in [1.807, 2.05) is 48.5 Å². The van der Waals surface area contributed by atoms with Crippen LogP contribution < -0.4 is 0 Å². The van der Waals surface area contributed by atoms with Crippen LogP contribution in [0, 0.1) is 0 Å². The molecule has 0 bridgehead atoms. The highest BCUT2D eigenvalue weighted by molar-refractivity contribution is 5.95. The van der Waals surface area contributed by atoms with Crippen molar-refractivity contribution in [3.05, 3.63) is 103 Å². The minimum Gasteiger partial charge on any atom is -0.507 e. The molecule has 0 unspecified atom stereocenters. The standard InChI is InChI=1S/C28H26O/c1-28(2,3)27-23(20-13-7-4-8-14-20)19-24(29)25(21-15-9-5-10-16-21)26(27)22-17-11-6-12-18-22/h4-19,29H,1-3H3. The number of aromatic hydroxyl groups is 1. The summed E-state index contributed by atoms with van der Waals surface area (Å²) < 4.78 is 0. The highest BCUT2D eigenvalue weighted by Crippen LogP contribution is 2.49. The lowest BCUT2D eigenvalue weighted by Crippen LogP contribution is -2.15. The van der Waals surface area contributed by atoms with Crippen molar-refractivity contribution >= 4 is 0 Å². The van der Waals surface area contributed by atoms with E-state index < -0.39 is 0 Å². The summed E-state index contributed by atoms with van der Waals surface area (Å²) in [6, 6.07) is 32.9. The molecule has 1 nitrogen and oxygen atoms in total. The summed E-state index contributed by atoms with van der Waals surface area (Å²) in [4.78, 5) is 0. The van der Waals surface area contributed by atoms with Gasteiger partial charge in [-0.1, -0.05) is 112 Å². The minimum absolute atomic E-state index is 0.117. The number of hydrogen-bond acceptors (Lipinski definition) is 1. The largest absolute Gasteiger partial charge is 0.507 e. The van der Waals surface area contributed by atoms with Gasteiger partial charge in [0.15, 0.2) is 0 Å². The maximum atomic E-state index is 11.2. The molecule has 0 aromatic heterocycles. The molecule has 4 rings (SSSR count). The molecule has 0 radical (unpaired) electrons. The van der Waals surface area contributed by atoms with E-state index >= 15 is 0 Å². The molecule has 0 aliphatic rings. The van der Waals surface area contributed by atoms with Crippen LogP contribution in [0.2, 0.25) is 0 Å². The van der Waals surface area contributed by atoms with E-state index in [4.69, 9.17) is 0 Å².